The molecule has 0 aromatic heterocycles. The minimum Gasteiger partial charge on any atom is -0.507 e. The first-order valence-electron chi connectivity index (χ1n) is 12.1. The molecular formula is C30H30ClNO5. The fourth-order valence-electron chi connectivity index (χ4n) is 4.39. The van der Waals surface area contributed by atoms with Crippen molar-refractivity contribution in [1.82, 2.24) is 4.90 Å². The lowest BCUT2D eigenvalue weighted by Gasteiger charge is -2.26. The summed E-state index contributed by atoms with van der Waals surface area (Å²) in [5.74, 6) is -0.295. The van der Waals surface area contributed by atoms with Gasteiger partial charge in [-0.15, -0.1) is 0 Å². The number of hydrogen-bond donors (Lipinski definition) is 1. The van der Waals surface area contributed by atoms with E-state index in [9.17, 15) is 14.7 Å². The molecule has 1 N–H and O–H groups in total. The van der Waals surface area contributed by atoms with Gasteiger partial charge in [-0.2, -0.15) is 0 Å². The van der Waals surface area contributed by atoms with Crippen molar-refractivity contribution in [2.45, 2.75) is 33.4 Å². The van der Waals surface area contributed by atoms with Gasteiger partial charge < -0.3 is 19.5 Å². The van der Waals surface area contributed by atoms with Gasteiger partial charge in [-0.05, 0) is 54.3 Å². The molecule has 1 atom stereocenters. The zero-order valence-corrected chi connectivity index (χ0v) is 22.1. The van der Waals surface area contributed by atoms with Crippen molar-refractivity contribution in [1.29, 1.82) is 0 Å². The fourth-order valence-corrected chi connectivity index (χ4v) is 4.56. The molecule has 1 heterocycles. The number of aliphatic hydroxyl groups excluding tert-OH is 1. The highest BCUT2D eigenvalue weighted by Gasteiger charge is 2.46. The van der Waals surface area contributed by atoms with Gasteiger partial charge in [0, 0.05) is 11.6 Å². The van der Waals surface area contributed by atoms with Crippen LogP contribution in [0.3, 0.4) is 0 Å². The standard InChI is InChI=1S/C30H30ClNO5/c1-18(2)17-37-23-11-8-20(9-12-23)16-32-27(21-7-5-6-19(3)14-21)26(29(34)30(32)35)28(33)24-15-22(31)10-13-25(24)36-4/h5-15,18,27,33H,16-17H2,1-4H3/b28-26+. The number of Topliss-reactive ketones (excluding diaryl/α,β-unsaturated/α-hetero) is 1. The molecule has 0 saturated carbocycles. The second-order valence-electron chi connectivity index (χ2n) is 9.53. The largest absolute Gasteiger partial charge is 0.507 e. The van der Waals surface area contributed by atoms with E-state index in [1.54, 1.807) is 12.1 Å². The Morgan fingerprint density at radius 3 is 2.43 bits per heavy atom. The number of amides is 1. The van der Waals surface area contributed by atoms with Gasteiger partial charge in [0.25, 0.3) is 11.7 Å². The number of carbonyl (C=O) groups is 2. The summed E-state index contributed by atoms with van der Waals surface area (Å²) >= 11 is 6.19. The van der Waals surface area contributed by atoms with Gasteiger partial charge in [-0.1, -0.05) is 67.4 Å². The number of nitrogens with zero attached hydrogens (tertiary/aromatic N) is 1. The maximum absolute atomic E-state index is 13.4. The Hall–Kier alpha value is -3.77. The summed E-state index contributed by atoms with van der Waals surface area (Å²) in [7, 11) is 1.46. The summed E-state index contributed by atoms with van der Waals surface area (Å²) in [5.41, 5.74) is 2.76. The molecule has 1 saturated heterocycles. The lowest BCUT2D eigenvalue weighted by Crippen LogP contribution is -2.29. The normalized spacial score (nSPS) is 16.9. The van der Waals surface area contributed by atoms with Crippen molar-refractivity contribution in [2.24, 2.45) is 5.92 Å². The van der Waals surface area contributed by atoms with E-state index in [2.05, 4.69) is 13.8 Å². The van der Waals surface area contributed by atoms with Crippen molar-refractivity contribution >= 4 is 29.1 Å². The second kappa shape index (κ2) is 11.1. The van der Waals surface area contributed by atoms with Crippen molar-refractivity contribution in [3.8, 4) is 11.5 Å². The lowest BCUT2D eigenvalue weighted by molar-refractivity contribution is -0.140. The van der Waals surface area contributed by atoms with E-state index < -0.39 is 17.7 Å². The first-order chi connectivity index (χ1) is 17.7. The first-order valence-corrected chi connectivity index (χ1v) is 12.5. The summed E-state index contributed by atoms with van der Waals surface area (Å²) < 4.78 is 11.2. The Morgan fingerprint density at radius 1 is 1.05 bits per heavy atom. The van der Waals surface area contributed by atoms with E-state index in [-0.39, 0.29) is 23.4 Å². The Morgan fingerprint density at radius 2 is 1.78 bits per heavy atom. The number of likely N-dealkylation sites (tertiary alicyclic amines) is 1. The van der Waals surface area contributed by atoms with E-state index in [1.165, 1.54) is 18.1 Å². The molecule has 1 aliphatic rings. The quantitative estimate of drug-likeness (QED) is 0.214. The predicted molar refractivity (Wildman–Crippen MR) is 144 cm³/mol. The molecule has 0 radical (unpaired) electrons. The van der Waals surface area contributed by atoms with E-state index in [0.29, 0.717) is 23.3 Å². The molecule has 1 unspecified atom stereocenters. The van der Waals surface area contributed by atoms with Crippen LogP contribution in [0, 0.1) is 12.8 Å². The summed E-state index contributed by atoms with van der Waals surface area (Å²) in [4.78, 5) is 28.2. The molecule has 192 valence electrons. The first kappa shape index (κ1) is 26.3. The van der Waals surface area contributed by atoms with Crippen LogP contribution in [0.25, 0.3) is 5.76 Å². The van der Waals surface area contributed by atoms with Crippen LogP contribution in [0.1, 0.15) is 42.1 Å². The molecule has 0 bridgehead atoms. The summed E-state index contributed by atoms with van der Waals surface area (Å²) in [6, 6.07) is 19.0. The Labute approximate surface area is 222 Å². The third kappa shape index (κ3) is 5.65. The van der Waals surface area contributed by atoms with Crippen LogP contribution in [0.5, 0.6) is 11.5 Å². The van der Waals surface area contributed by atoms with E-state index in [0.717, 1.165) is 22.4 Å². The fraction of sp³-hybridized carbons (Fsp3) is 0.267. The Balaban J connectivity index is 1.78. The highest BCUT2D eigenvalue weighted by molar-refractivity contribution is 6.46. The van der Waals surface area contributed by atoms with E-state index >= 15 is 0 Å². The maximum Gasteiger partial charge on any atom is 0.295 e. The number of hydrogen-bond acceptors (Lipinski definition) is 5. The Bertz CT molecular complexity index is 1350. The molecule has 1 aliphatic heterocycles. The van der Waals surface area contributed by atoms with Gasteiger partial charge >= 0.3 is 0 Å². The van der Waals surface area contributed by atoms with Gasteiger partial charge in [0.05, 0.1) is 30.9 Å². The minimum absolute atomic E-state index is 0.00643. The van der Waals surface area contributed by atoms with Crippen LogP contribution in [-0.4, -0.2) is 35.4 Å². The Kier molecular flexibility index (Phi) is 7.89. The van der Waals surface area contributed by atoms with Gasteiger partial charge in [0.15, 0.2) is 0 Å². The summed E-state index contributed by atoms with van der Waals surface area (Å²) in [6.07, 6.45) is 0. The second-order valence-corrected chi connectivity index (χ2v) is 9.97. The van der Waals surface area contributed by atoms with Crippen LogP contribution < -0.4 is 9.47 Å². The number of ketones is 1. The van der Waals surface area contributed by atoms with Crippen molar-refractivity contribution in [3.05, 3.63) is 99.6 Å². The maximum atomic E-state index is 13.4. The zero-order valence-electron chi connectivity index (χ0n) is 21.3. The SMILES string of the molecule is COc1ccc(Cl)cc1/C(O)=C1\C(=O)C(=O)N(Cc2ccc(OCC(C)C)cc2)C1c1cccc(C)c1. The zero-order chi connectivity index (χ0) is 26.7. The van der Waals surface area contributed by atoms with Gasteiger partial charge in [0.2, 0.25) is 0 Å². The molecule has 6 nitrogen and oxygen atoms in total. The van der Waals surface area contributed by atoms with Crippen LogP contribution in [0.4, 0.5) is 0 Å². The van der Waals surface area contributed by atoms with Crippen LogP contribution in [-0.2, 0) is 16.1 Å². The summed E-state index contributed by atoms with van der Waals surface area (Å²) in [6.45, 7) is 6.88. The summed E-state index contributed by atoms with van der Waals surface area (Å²) in [5, 5.41) is 11.8. The van der Waals surface area contributed by atoms with Gasteiger partial charge in [-0.3, -0.25) is 9.59 Å². The molecule has 3 aromatic carbocycles. The molecule has 37 heavy (non-hydrogen) atoms. The van der Waals surface area contributed by atoms with Crippen molar-refractivity contribution in [3.63, 3.8) is 0 Å². The molecular weight excluding hydrogens is 490 g/mol. The monoisotopic (exact) mass is 519 g/mol. The topological polar surface area (TPSA) is 76.1 Å². The van der Waals surface area contributed by atoms with Gasteiger partial charge in [-0.25, -0.2) is 0 Å². The highest BCUT2D eigenvalue weighted by Crippen LogP contribution is 2.42. The molecule has 7 heteroatoms. The number of aliphatic hydroxyl groups is 1. The van der Waals surface area contributed by atoms with Crippen LogP contribution in [0.2, 0.25) is 5.02 Å². The van der Waals surface area contributed by atoms with Crippen LogP contribution in [0.15, 0.2) is 72.3 Å². The highest BCUT2D eigenvalue weighted by atomic mass is 35.5. The number of ether oxygens (including phenoxy) is 2. The molecule has 0 aliphatic carbocycles. The average molecular weight is 520 g/mol. The number of rotatable bonds is 8. The molecule has 4 rings (SSSR count). The molecule has 0 spiro atoms. The molecule has 3 aromatic rings. The predicted octanol–water partition coefficient (Wildman–Crippen LogP) is 6.31. The third-order valence-corrected chi connectivity index (χ3v) is 6.41. The molecule has 1 fully saturated rings. The number of halogens is 1. The number of benzene rings is 3. The van der Waals surface area contributed by atoms with Crippen molar-refractivity contribution in [2.75, 3.05) is 13.7 Å². The minimum atomic E-state index is -0.791. The number of methoxy groups -OCH3 is 1. The third-order valence-electron chi connectivity index (χ3n) is 6.17. The van der Waals surface area contributed by atoms with Gasteiger partial charge in [0.1, 0.15) is 17.3 Å². The van der Waals surface area contributed by atoms with Crippen LogP contribution >= 0.6 is 11.6 Å². The van der Waals surface area contributed by atoms with Crippen molar-refractivity contribution < 1.29 is 24.2 Å². The van der Waals surface area contributed by atoms with E-state index in [4.69, 9.17) is 21.1 Å². The number of aryl methyl sites for hydroxylation is 1. The molecule has 1 amide bonds. The van der Waals surface area contributed by atoms with E-state index in [1.807, 2.05) is 55.5 Å². The smallest absolute Gasteiger partial charge is 0.295 e. The average Bonchev–Trinajstić information content (AvgIpc) is 3.12. The number of carbonyl (C=O) groups excluding carboxylic acids is 2. The lowest BCUT2D eigenvalue weighted by atomic mass is 9.94.